The number of benzene rings is 1. The minimum absolute atomic E-state index is 0.0882. The zero-order valence-electron chi connectivity index (χ0n) is 6.80. The lowest BCUT2D eigenvalue weighted by Gasteiger charge is -2.04. The van der Waals surface area contributed by atoms with Gasteiger partial charge in [-0.1, -0.05) is 15.9 Å². The third-order valence-corrected chi connectivity index (χ3v) is 1.93. The van der Waals surface area contributed by atoms with E-state index in [2.05, 4.69) is 20.7 Å². The van der Waals surface area contributed by atoms with Crippen LogP contribution in [0.1, 0.15) is 10.4 Å². The third-order valence-electron chi connectivity index (χ3n) is 1.47. The summed E-state index contributed by atoms with van der Waals surface area (Å²) in [5.74, 6) is -1.50. The summed E-state index contributed by atoms with van der Waals surface area (Å²) in [6.45, 7) is 0. The number of methoxy groups -OCH3 is 1. The van der Waals surface area contributed by atoms with Gasteiger partial charge in [0, 0.05) is 4.47 Å². The largest absolute Gasteiger partial charge is 0.465 e. The van der Waals surface area contributed by atoms with Crippen molar-refractivity contribution in [3.8, 4) is 0 Å². The Labute approximate surface area is 82.8 Å². The summed E-state index contributed by atoms with van der Waals surface area (Å²) in [5.41, 5.74) is 5.04. The first-order valence-electron chi connectivity index (χ1n) is 3.39. The van der Waals surface area contributed by atoms with Crippen LogP contribution >= 0.6 is 15.9 Å². The predicted octanol–water partition coefficient (Wildman–Crippen LogP) is 1.96. The van der Waals surface area contributed by atoms with Gasteiger partial charge < -0.3 is 10.5 Å². The van der Waals surface area contributed by atoms with E-state index in [1.807, 2.05) is 0 Å². The van der Waals surface area contributed by atoms with Crippen molar-refractivity contribution < 1.29 is 13.9 Å². The number of ether oxygens (including phenoxy) is 1. The number of rotatable bonds is 1. The molecular weight excluding hydrogens is 241 g/mol. The smallest absolute Gasteiger partial charge is 0.340 e. The molecule has 0 atom stereocenters. The predicted molar refractivity (Wildman–Crippen MR) is 49.9 cm³/mol. The highest BCUT2D eigenvalue weighted by Gasteiger charge is 2.15. The van der Waals surface area contributed by atoms with Gasteiger partial charge in [0.25, 0.3) is 0 Å². The molecule has 0 saturated heterocycles. The van der Waals surface area contributed by atoms with Crippen molar-refractivity contribution in [3.63, 3.8) is 0 Å². The number of nitrogen functional groups attached to an aromatic ring is 1. The lowest BCUT2D eigenvalue weighted by atomic mass is 10.2. The van der Waals surface area contributed by atoms with Crippen LogP contribution in [0.25, 0.3) is 0 Å². The Morgan fingerprint density at radius 2 is 2.23 bits per heavy atom. The second-order valence-electron chi connectivity index (χ2n) is 2.35. The monoisotopic (exact) mass is 247 g/mol. The minimum atomic E-state index is -0.755. The van der Waals surface area contributed by atoms with E-state index in [4.69, 9.17) is 5.73 Å². The molecule has 0 radical (unpaired) electrons. The fraction of sp³-hybridized carbons (Fsp3) is 0.125. The maximum atomic E-state index is 13.2. The molecule has 1 aromatic carbocycles. The molecule has 2 N–H and O–H groups in total. The molecule has 1 aromatic rings. The van der Waals surface area contributed by atoms with Crippen molar-refractivity contribution in [2.75, 3.05) is 12.8 Å². The van der Waals surface area contributed by atoms with Crippen molar-refractivity contribution >= 4 is 27.6 Å². The molecule has 13 heavy (non-hydrogen) atoms. The number of halogens is 2. The topological polar surface area (TPSA) is 52.3 Å². The number of hydrogen-bond donors (Lipinski definition) is 1. The van der Waals surface area contributed by atoms with Gasteiger partial charge in [0.15, 0.2) is 5.82 Å². The van der Waals surface area contributed by atoms with Gasteiger partial charge in [-0.2, -0.15) is 0 Å². The standard InChI is InChI=1S/C8H7BrFNO2/c1-13-8(12)5-2-4(9)3-6(11)7(5)10/h2-3H,11H2,1H3. The molecule has 0 aliphatic heterocycles. The fourth-order valence-electron chi connectivity index (χ4n) is 0.869. The Bertz CT molecular complexity index is 354. The SMILES string of the molecule is COC(=O)c1cc(Br)cc(N)c1F. The fourth-order valence-corrected chi connectivity index (χ4v) is 1.34. The second-order valence-corrected chi connectivity index (χ2v) is 3.26. The highest BCUT2D eigenvalue weighted by Crippen LogP contribution is 2.22. The number of carbonyl (C=O) groups excluding carboxylic acids is 1. The molecule has 0 amide bonds. The molecule has 0 aliphatic carbocycles. The quantitative estimate of drug-likeness (QED) is 0.610. The van der Waals surface area contributed by atoms with Crippen LogP contribution in [-0.2, 0) is 4.74 Å². The van der Waals surface area contributed by atoms with Crippen LogP contribution in [0, 0.1) is 5.82 Å². The molecule has 1 rings (SSSR count). The number of esters is 1. The first kappa shape index (κ1) is 9.98. The number of anilines is 1. The lowest BCUT2D eigenvalue weighted by molar-refractivity contribution is 0.0595. The van der Waals surface area contributed by atoms with Gasteiger partial charge in [0.1, 0.15) is 0 Å². The van der Waals surface area contributed by atoms with Gasteiger partial charge >= 0.3 is 5.97 Å². The van der Waals surface area contributed by atoms with Gasteiger partial charge in [-0.25, -0.2) is 9.18 Å². The molecule has 0 aliphatic rings. The average molecular weight is 248 g/mol. The molecule has 0 spiro atoms. The maximum absolute atomic E-state index is 13.2. The minimum Gasteiger partial charge on any atom is -0.465 e. The van der Waals surface area contributed by atoms with Crippen molar-refractivity contribution in [1.82, 2.24) is 0 Å². The summed E-state index contributed by atoms with van der Waals surface area (Å²) in [7, 11) is 1.18. The van der Waals surface area contributed by atoms with Crippen molar-refractivity contribution in [2.45, 2.75) is 0 Å². The van der Waals surface area contributed by atoms with Crippen LogP contribution in [0.2, 0.25) is 0 Å². The summed E-state index contributed by atoms with van der Waals surface area (Å²) < 4.78 is 18.1. The normalized spacial score (nSPS) is 9.77. The van der Waals surface area contributed by atoms with Gasteiger partial charge in [-0.3, -0.25) is 0 Å². The van der Waals surface area contributed by atoms with Crippen LogP contribution in [0.15, 0.2) is 16.6 Å². The van der Waals surface area contributed by atoms with Crippen molar-refractivity contribution in [2.24, 2.45) is 0 Å². The van der Waals surface area contributed by atoms with E-state index in [1.54, 1.807) is 0 Å². The van der Waals surface area contributed by atoms with Crippen LogP contribution in [0.5, 0.6) is 0 Å². The van der Waals surface area contributed by atoms with Gasteiger partial charge in [-0.05, 0) is 12.1 Å². The summed E-state index contributed by atoms with van der Waals surface area (Å²) >= 11 is 3.09. The molecule has 0 fully saturated rings. The van der Waals surface area contributed by atoms with Gasteiger partial charge in [-0.15, -0.1) is 0 Å². The molecule has 0 heterocycles. The summed E-state index contributed by atoms with van der Waals surface area (Å²) in [4.78, 5) is 11.0. The molecule has 5 heteroatoms. The molecule has 0 saturated carbocycles. The van der Waals surface area contributed by atoms with Crippen LogP contribution in [0.3, 0.4) is 0 Å². The van der Waals surface area contributed by atoms with E-state index in [-0.39, 0.29) is 11.3 Å². The Balaban J connectivity index is 3.28. The summed E-state index contributed by atoms with van der Waals surface area (Å²) in [6.07, 6.45) is 0. The maximum Gasteiger partial charge on any atom is 0.340 e. The Kier molecular flexibility index (Phi) is 2.87. The zero-order valence-corrected chi connectivity index (χ0v) is 8.39. The van der Waals surface area contributed by atoms with Gasteiger partial charge in [0.05, 0.1) is 18.4 Å². The Morgan fingerprint density at radius 3 is 2.77 bits per heavy atom. The average Bonchev–Trinajstić information content (AvgIpc) is 2.10. The molecule has 3 nitrogen and oxygen atoms in total. The van der Waals surface area contributed by atoms with E-state index in [0.29, 0.717) is 4.47 Å². The zero-order chi connectivity index (χ0) is 10.0. The van der Waals surface area contributed by atoms with E-state index in [1.165, 1.54) is 19.2 Å². The Morgan fingerprint density at radius 1 is 1.62 bits per heavy atom. The van der Waals surface area contributed by atoms with Crippen LogP contribution in [-0.4, -0.2) is 13.1 Å². The first-order valence-corrected chi connectivity index (χ1v) is 4.18. The molecule has 0 bridgehead atoms. The van der Waals surface area contributed by atoms with Crippen LogP contribution < -0.4 is 5.73 Å². The molecule has 70 valence electrons. The molecule has 0 aromatic heterocycles. The second kappa shape index (κ2) is 3.74. The first-order chi connectivity index (χ1) is 6.06. The van der Waals surface area contributed by atoms with Gasteiger partial charge in [0.2, 0.25) is 0 Å². The highest BCUT2D eigenvalue weighted by molar-refractivity contribution is 9.10. The van der Waals surface area contributed by atoms with Crippen molar-refractivity contribution in [3.05, 3.63) is 28.0 Å². The summed E-state index contributed by atoms with van der Waals surface area (Å²) in [5, 5.41) is 0. The Hall–Kier alpha value is -1.10. The molecular formula is C8H7BrFNO2. The lowest BCUT2D eigenvalue weighted by Crippen LogP contribution is -2.06. The number of nitrogens with two attached hydrogens (primary N) is 1. The van der Waals surface area contributed by atoms with E-state index in [9.17, 15) is 9.18 Å². The van der Waals surface area contributed by atoms with Crippen LogP contribution in [0.4, 0.5) is 10.1 Å². The summed E-state index contributed by atoms with van der Waals surface area (Å²) in [6, 6.07) is 2.69. The van der Waals surface area contributed by atoms with Crippen molar-refractivity contribution in [1.29, 1.82) is 0 Å². The van der Waals surface area contributed by atoms with E-state index >= 15 is 0 Å². The van der Waals surface area contributed by atoms with E-state index < -0.39 is 11.8 Å². The molecule has 0 unspecified atom stereocenters. The number of hydrogen-bond acceptors (Lipinski definition) is 3. The highest BCUT2D eigenvalue weighted by atomic mass is 79.9. The third kappa shape index (κ3) is 1.98. The number of carbonyl (C=O) groups is 1. The van der Waals surface area contributed by atoms with E-state index in [0.717, 1.165) is 0 Å².